The van der Waals surface area contributed by atoms with Crippen LogP contribution in [0, 0.1) is 0 Å². The number of aromatic amines is 1. The molecule has 60 valence electrons. The van der Waals surface area contributed by atoms with Gasteiger partial charge in [-0.15, -0.1) is 4.68 Å². The molecule has 0 amide bonds. The molecule has 0 radical (unpaired) electrons. The fourth-order valence-corrected chi connectivity index (χ4v) is 0.827. The van der Waals surface area contributed by atoms with Crippen LogP contribution in [0.3, 0.4) is 0 Å². The lowest BCUT2D eigenvalue weighted by Gasteiger charge is -1.92. The molecule has 0 aliphatic rings. The Hall–Kier alpha value is -1.98. The van der Waals surface area contributed by atoms with E-state index in [0.29, 0.717) is 5.82 Å². The normalized spacial score (nSPS) is 10.0. The Morgan fingerprint density at radius 3 is 2.92 bits per heavy atom. The van der Waals surface area contributed by atoms with Gasteiger partial charge >= 0.3 is 5.69 Å². The molecular weight excluding hydrogens is 158 g/mol. The van der Waals surface area contributed by atoms with Gasteiger partial charge in [-0.2, -0.15) is 0 Å². The number of hydrogen-bond acceptors (Lipinski definition) is 4. The highest BCUT2D eigenvalue weighted by molar-refractivity contribution is 5.17. The van der Waals surface area contributed by atoms with Gasteiger partial charge < -0.3 is 0 Å². The van der Waals surface area contributed by atoms with E-state index in [2.05, 4.69) is 20.5 Å². The number of hydrogen-bond donors (Lipinski definition) is 1. The van der Waals surface area contributed by atoms with Crippen LogP contribution >= 0.6 is 0 Å². The number of nitrogens with one attached hydrogen (secondary N) is 1. The monoisotopic (exact) mass is 163 g/mol. The molecule has 6 nitrogen and oxygen atoms in total. The Kier molecular flexibility index (Phi) is 1.44. The first-order valence-corrected chi connectivity index (χ1v) is 3.30. The lowest BCUT2D eigenvalue weighted by atomic mass is 10.5. The standard InChI is InChI=1S/C6H5N5O/c12-6-8-9-10-11(6)5-3-1-2-4-7-5/h1-4H,(H,8,10,12). The Morgan fingerprint density at radius 2 is 2.33 bits per heavy atom. The second kappa shape index (κ2) is 2.57. The molecule has 2 aromatic rings. The zero-order valence-corrected chi connectivity index (χ0v) is 6.01. The van der Waals surface area contributed by atoms with E-state index in [9.17, 15) is 4.79 Å². The fraction of sp³-hybridized carbons (Fsp3) is 0. The van der Waals surface area contributed by atoms with Gasteiger partial charge in [-0.25, -0.2) is 14.9 Å². The van der Waals surface area contributed by atoms with E-state index in [1.807, 2.05) is 0 Å². The maximum Gasteiger partial charge on any atom is 0.367 e. The Bertz CT molecular complexity index is 417. The van der Waals surface area contributed by atoms with Gasteiger partial charge in [-0.3, -0.25) is 0 Å². The van der Waals surface area contributed by atoms with Crippen molar-refractivity contribution in [2.75, 3.05) is 0 Å². The first kappa shape index (κ1) is 6.71. The third kappa shape index (κ3) is 0.986. The van der Waals surface area contributed by atoms with Gasteiger partial charge in [0.2, 0.25) is 0 Å². The number of pyridine rings is 1. The smallest absolute Gasteiger partial charge is 0.244 e. The quantitative estimate of drug-likeness (QED) is 0.606. The van der Waals surface area contributed by atoms with Gasteiger partial charge in [-0.1, -0.05) is 6.07 Å². The molecular formula is C6H5N5O. The van der Waals surface area contributed by atoms with E-state index < -0.39 is 5.69 Å². The number of rotatable bonds is 1. The van der Waals surface area contributed by atoms with E-state index in [1.54, 1.807) is 24.4 Å². The number of nitrogens with zero attached hydrogens (tertiary/aromatic N) is 4. The number of tetrazole rings is 1. The van der Waals surface area contributed by atoms with Crippen LogP contribution in [0.4, 0.5) is 0 Å². The summed E-state index contributed by atoms with van der Waals surface area (Å²) in [4.78, 5) is 14.9. The van der Waals surface area contributed by atoms with E-state index >= 15 is 0 Å². The molecule has 12 heavy (non-hydrogen) atoms. The molecule has 0 unspecified atom stereocenters. The van der Waals surface area contributed by atoms with Crippen LogP contribution in [0.15, 0.2) is 29.2 Å². The van der Waals surface area contributed by atoms with Gasteiger partial charge in [0.05, 0.1) is 0 Å². The van der Waals surface area contributed by atoms with Crippen molar-refractivity contribution >= 4 is 0 Å². The van der Waals surface area contributed by atoms with Crippen molar-refractivity contribution < 1.29 is 0 Å². The predicted molar refractivity (Wildman–Crippen MR) is 39.8 cm³/mol. The van der Waals surface area contributed by atoms with Crippen LogP contribution in [-0.2, 0) is 0 Å². The van der Waals surface area contributed by atoms with Crippen molar-refractivity contribution in [1.82, 2.24) is 25.2 Å². The highest BCUT2D eigenvalue weighted by Crippen LogP contribution is 1.93. The van der Waals surface area contributed by atoms with Gasteiger partial charge in [0, 0.05) is 6.20 Å². The zero-order valence-electron chi connectivity index (χ0n) is 6.01. The van der Waals surface area contributed by atoms with Crippen LogP contribution in [0.5, 0.6) is 0 Å². The van der Waals surface area contributed by atoms with Crippen LogP contribution < -0.4 is 5.69 Å². The summed E-state index contributed by atoms with van der Waals surface area (Å²) in [5.74, 6) is 0.455. The maximum atomic E-state index is 11.0. The van der Waals surface area contributed by atoms with Gasteiger partial charge in [-0.05, 0) is 22.6 Å². The summed E-state index contributed by atoms with van der Waals surface area (Å²) in [6.45, 7) is 0. The van der Waals surface area contributed by atoms with Crippen molar-refractivity contribution in [1.29, 1.82) is 0 Å². The molecule has 6 heteroatoms. The molecule has 0 aromatic carbocycles. The largest absolute Gasteiger partial charge is 0.367 e. The van der Waals surface area contributed by atoms with Crippen molar-refractivity contribution in [3.63, 3.8) is 0 Å². The average molecular weight is 163 g/mol. The number of aromatic nitrogens is 5. The molecule has 0 bridgehead atoms. The molecule has 2 heterocycles. The Balaban J connectivity index is 2.59. The van der Waals surface area contributed by atoms with Crippen molar-refractivity contribution in [2.45, 2.75) is 0 Å². The van der Waals surface area contributed by atoms with Crippen LogP contribution in [0.1, 0.15) is 0 Å². The molecule has 0 aliphatic heterocycles. The lowest BCUT2D eigenvalue weighted by molar-refractivity contribution is 0.760. The molecule has 0 atom stereocenters. The summed E-state index contributed by atoms with van der Waals surface area (Å²) in [5, 5.41) is 9.03. The van der Waals surface area contributed by atoms with Crippen molar-refractivity contribution in [3.05, 3.63) is 34.9 Å². The second-order valence-corrected chi connectivity index (χ2v) is 2.11. The SMILES string of the molecule is O=c1[nH]nnn1-c1ccccn1. The van der Waals surface area contributed by atoms with E-state index in [0.717, 1.165) is 4.68 Å². The summed E-state index contributed by atoms with van der Waals surface area (Å²) >= 11 is 0. The molecule has 0 aliphatic carbocycles. The third-order valence-electron chi connectivity index (χ3n) is 1.34. The molecule has 0 saturated carbocycles. The molecule has 0 spiro atoms. The lowest BCUT2D eigenvalue weighted by Crippen LogP contribution is -2.16. The minimum absolute atomic E-state index is 0.395. The topological polar surface area (TPSA) is 76.5 Å². The Labute approximate surface area is 66.9 Å². The molecule has 0 fully saturated rings. The molecule has 2 aromatic heterocycles. The summed E-state index contributed by atoms with van der Waals surface area (Å²) in [6.07, 6.45) is 1.58. The second-order valence-electron chi connectivity index (χ2n) is 2.11. The molecule has 2 rings (SSSR count). The highest BCUT2D eigenvalue weighted by atomic mass is 16.2. The van der Waals surface area contributed by atoms with Crippen molar-refractivity contribution in [2.24, 2.45) is 0 Å². The minimum atomic E-state index is -0.395. The maximum absolute atomic E-state index is 11.0. The third-order valence-corrected chi connectivity index (χ3v) is 1.34. The summed E-state index contributed by atoms with van der Waals surface area (Å²) < 4.78 is 1.08. The van der Waals surface area contributed by atoms with Crippen LogP contribution in [-0.4, -0.2) is 25.2 Å². The molecule has 0 saturated heterocycles. The summed E-state index contributed by atoms with van der Waals surface area (Å²) in [6, 6.07) is 5.20. The average Bonchev–Trinajstić information content (AvgIpc) is 2.53. The first-order chi connectivity index (χ1) is 5.88. The van der Waals surface area contributed by atoms with E-state index in [4.69, 9.17) is 0 Å². The number of H-pyrrole nitrogens is 1. The first-order valence-electron chi connectivity index (χ1n) is 3.30. The summed E-state index contributed by atoms with van der Waals surface area (Å²) in [7, 11) is 0. The zero-order chi connectivity index (χ0) is 8.39. The Morgan fingerprint density at radius 1 is 1.42 bits per heavy atom. The highest BCUT2D eigenvalue weighted by Gasteiger charge is 2.00. The minimum Gasteiger partial charge on any atom is -0.244 e. The van der Waals surface area contributed by atoms with Gasteiger partial charge in [0.15, 0.2) is 5.82 Å². The van der Waals surface area contributed by atoms with Gasteiger partial charge in [0.1, 0.15) is 0 Å². The van der Waals surface area contributed by atoms with E-state index in [-0.39, 0.29) is 0 Å². The van der Waals surface area contributed by atoms with Crippen molar-refractivity contribution in [3.8, 4) is 5.82 Å². The fourth-order valence-electron chi connectivity index (χ4n) is 0.827. The summed E-state index contributed by atoms with van der Waals surface area (Å²) in [5.41, 5.74) is -0.395. The van der Waals surface area contributed by atoms with Gasteiger partial charge in [0.25, 0.3) is 0 Å². The predicted octanol–water partition coefficient (Wildman–Crippen LogP) is -0.649. The van der Waals surface area contributed by atoms with Crippen LogP contribution in [0.2, 0.25) is 0 Å². The molecule has 1 N–H and O–H groups in total. The van der Waals surface area contributed by atoms with E-state index in [1.165, 1.54) is 0 Å². The van der Waals surface area contributed by atoms with Crippen LogP contribution in [0.25, 0.3) is 5.82 Å².